The number of rotatable bonds is 5. The lowest BCUT2D eigenvalue weighted by molar-refractivity contribution is -0.159. The lowest BCUT2D eigenvalue weighted by Crippen LogP contribution is -2.49. The van der Waals surface area contributed by atoms with E-state index < -0.39 is 12.1 Å². The van der Waals surface area contributed by atoms with E-state index in [1.54, 1.807) is 30.2 Å². The van der Waals surface area contributed by atoms with Gasteiger partial charge in [-0.2, -0.15) is 23.3 Å². The molecule has 186 valence electrons. The maximum absolute atomic E-state index is 13.0. The zero-order valence-corrected chi connectivity index (χ0v) is 19.0. The number of nitrogens with zero attached hydrogens (tertiary/aromatic N) is 6. The molecule has 0 radical (unpaired) electrons. The Kier molecular flexibility index (Phi) is 6.04. The minimum atomic E-state index is -4.71. The van der Waals surface area contributed by atoms with Crippen molar-refractivity contribution in [1.82, 2.24) is 30.2 Å². The van der Waals surface area contributed by atoms with Crippen molar-refractivity contribution in [2.75, 3.05) is 38.2 Å². The maximum atomic E-state index is 13.0. The van der Waals surface area contributed by atoms with E-state index in [1.807, 2.05) is 29.2 Å². The number of piperazine rings is 1. The molecule has 0 saturated carbocycles. The second kappa shape index (κ2) is 9.32. The second-order valence-electron chi connectivity index (χ2n) is 8.00. The van der Waals surface area contributed by atoms with E-state index >= 15 is 0 Å². The van der Waals surface area contributed by atoms with E-state index in [0.29, 0.717) is 54.7 Å². The van der Waals surface area contributed by atoms with Crippen molar-refractivity contribution in [3.8, 4) is 28.4 Å². The summed E-state index contributed by atoms with van der Waals surface area (Å²) >= 11 is 0. The van der Waals surface area contributed by atoms with Crippen LogP contribution in [0.25, 0.3) is 22.6 Å². The van der Waals surface area contributed by atoms with E-state index in [4.69, 9.17) is 4.74 Å². The molecule has 0 unspecified atom stereocenters. The van der Waals surface area contributed by atoms with E-state index in [1.165, 1.54) is 6.20 Å². The summed E-state index contributed by atoms with van der Waals surface area (Å²) in [5, 5.41) is 10.4. The second-order valence-corrected chi connectivity index (χ2v) is 8.00. The number of anilines is 1. The lowest BCUT2D eigenvalue weighted by atomic mass is 10.1. The minimum Gasteiger partial charge on any atom is -0.497 e. The highest BCUT2D eigenvalue weighted by Gasteiger charge is 2.38. The third kappa shape index (κ3) is 4.72. The van der Waals surface area contributed by atoms with Crippen LogP contribution in [0.1, 0.15) is 16.4 Å². The van der Waals surface area contributed by atoms with Crippen LogP contribution < -0.4 is 9.64 Å². The number of aromatic amines is 1. The van der Waals surface area contributed by atoms with Crippen LogP contribution in [0.3, 0.4) is 0 Å². The van der Waals surface area contributed by atoms with E-state index in [2.05, 4.69) is 29.8 Å². The normalized spacial score (nSPS) is 14.2. The molecule has 1 fully saturated rings. The number of benzene rings is 1. The van der Waals surface area contributed by atoms with Crippen LogP contribution in [0.4, 0.5) is 19.0 Å². The van der Waals surface area contributed by atoms with Gasteiger partial charge in [0.1, 0.15) is 17.3 Å². The number of methoxy groups -OCH3 is 1. The molecule has 1 aliphatic heterocycles. The highest BCUT2D eigenvalue weighted by Crippen LogP contribution is 2.29. The van der Waals surface area contributed by atoms with Gasteiger partial charge in [-0.1, -0.05) is 17.3 Å². The quantitative estimate of drug-likeness (QED) is 0.444. The first-order chi connectivity index (χ1) is 17.3. The zero-order valence-electron chi connectivity index (χ0n) is 19.0. The number of carbonyl (C=O) groups excluding carboxylic acids is 1. The Morgan fingerprint density at radius 1 is 1.08 bits per heavy atom. The smallest absolute Gasteiger partial charge is 0.471 e. The summed E-state index contributed by atoms with van der Waals surface area (Å²) in [6.07, 6.45) is -3.31. The first kappa shape index (κ1) is 23.3. The van der Waals surface area contributed by atoms with Gasteiger partial charge >= 0.3 is 12.1 Å². The Morgan fingerprint density at radius 3 is 2.56 bits per heavy atom. The number of aromatic nitrogens is 5. The molecule has 0 bridgehead atoms. The van der Waals surface area contributed by atoms with Gasteiger partial charge in [0.05, 0.1) is 12.8 Å². The third-order valence-electron chi connectivity index (χ3n) is 5.74. The van der Waals surface area contributed by atoms with Crippen molar-refractivity contribution >= 4 is 11.7 Å². The predicted octanol–water partition coefficient (Wildman–Crippen LogP) is 3.51. The number of hydrogen-bond donors (Lipinski definition) is 1. The van der Waals surface area contributed by atoms with Crippen LogP contribution in [0, 0.1) is 0 Å². The fraction of sp³-hybridized carbons (Fsp3) is 0.261. The molecule has 0 atom stereocenters. The van der Waals surface area contributed by atoms with Gasteiger partial charge in [-0.05, 0) is 30.3 Å². The molecule has 13 heteroatoms. The average molecular weight is 499 g/mol. The lowest BCUT2D eigenvalue weighted by Gasteiger charge is -2.35. The Labute approximate surface area is 202 Å². The average Bonchev–Trinajstić information content (AvgIpc) is 3.59. The van der Waals surface area contributed by atoms with E-state index in [0.717, 1.165) is 5.56 Å². The zero-order chi connectivity index (χ0) is 25.3. The Morgan fingerprint density at radius 2 is 1.89 bits per heavy atom. The van der Waals surface area contributed by atoms with Crippen molar-refractivity contribution in [1.29, 1.82) is 0 Å². The van der Waals surface area contributed by atoms with Crippen LogP contribution in [0.15, 0.2) is 53.2 Å². The molecule has 4 heterocycles. The number of alkyl halides is 3. The van der Waals surface area contributed by atoms with Crippen molar-refractivity contribution in [3.63, 3.8) is 0 Å². The molecule has 1 aromatic carbocycles. The fourth-order valence-electron chi connectivity index (χ4n) is 3.83. The number of pyridine rings is 1. The largest absolute Gasteiger partial charge is 0.497 e. The van der Waals surface area contributed by atoms with Gasteiger partial charge in [0.2, 0.25) is 5.82 Å². The summed E-state index contributed by atoms with van der Waals surface area (Å²) in [6.45, 7) is 2.01. The molecule has 1 aliphatic rings. The van der Waals surface area contributed by atoms with Gasteiger partial charge in [0.25, 0.3) is 5.91 Å². The van der Waals surface area contributed by atoms with E-state index in [-0.39, 0.29) is 11.7 Å². The minimum absolute atomic E-state index is 0.155. The highest BCUT2D eigenvalue weighted by atomic mass is 19.4. The van der Waals surface area contributed by atoms with Crippen molar-refractivity contribution < 1.29 is 27.2 Å². The Balaban J connectivity index is 1.20. The van der Waals surface area contributed by atoms with Crippen LogP contribution in [-0.2, 0) is 6.18 Å². The standard InChI is InChI=1S/C23H20F3N7O3/c1-35-16-4-2-3-14(11-16)17-12-18(30-29-17)21(34)33-9-7-32(8-10-33)19-6-5-15(13-27-19)20-28-22(36-31-20)23(24,25)26/h2-6,11-13H,7-10H2,1H3,(H,29,30). The number of H-pyrrole nitrogens is 1. The van der Waals surface area contributed by atoms with Crippen LogP contribution >= 0.6 is 0 Å². The molecule has 1 N–H and O–H groups in total. The first-order valence-corrected chi connectivity index (χ1v) is 10.9. The third-order valence-corrected chi connectivity index (χ3v) is 5.74. The van der Waals surface area contributed by atoms with Gasteiger partial charge in [0, 0.05) is 43.5 Å². The molecule has 10 nitrogen and oxygen atoms in total. The molecular weight excluding hydrogens is 479 g/mol. The summed E-state index contributed by atoms with van der Waals surface area (Å²) in [5.74, 6) is -0.422. The predicted molar refractivity (Wildman–Crippen MR) is 121 cm³/mol. The SMILES string of the molecule is COc1cccc(-c2cc(C(=O)N3CCN(c4ccc(-c5noc(C(F)(F)F)n5)cn4)CC3)[nH]n2)c1. The summed E-state index contributed by atoms with van der Waals surface area (Å²) in [7, 11) is 1.59. The molecular formula is C23H20F3N7O3. The number of amides is 1. The van der Waals surface area contributed by atoms with Gasteiger partial charge < -0.3 is 19.1 Å². The molecule has 1 amide bonds. The number of carbonyl (C=O) groups is 1. The highest BCUT2D eigenvalue weighted by molar-refractivity contribution is 5.93. The molecule has 0 spiro atoms. The summed E-state index contributed by atoms with van der Waals surface area (Å²) in [6, 6.07) is 12.4. The van der Waals surface area contributed by atoms with Crippen molar-refractivity contribution in [3.05, 3.63) is 60.2 Å². The number of halogens is 3. The first-order valence-electron chi connectivity index (χ1n) is 10.9. The Hall–Kier alpha value is -4.42. The molecule has 3 aromatic heterocycles. The molecule has 1 saturated heterocycles. The van der Waals surface area contributed by atoms with Crippen molar-refractivity contribution in [2.45, 2.75) is 6.18 Å². The van der Waals surface area contributed by atoms with Crippen LogP contribution in [-0.4, -0.2) is 69.4 Å². The number of nitrogens with one attached hydrogen (secondary N) is 1. The summed E-state index contributed by atoms with van der Waals surface area (Å²) in [5.41, 5.74) is 2.17. The van der Waals surface area contributed by atoms with Gasteiger partial charge in [-0.3, -0.25) is 9.89 Å². The van der Waals surface area contributed by atoms with Crippen molar-refractivity contribution in [2.24, 2.45) is 0 Å². The van der Waals surface area contributed by atoms with Crippen LogP contribution in [0.2, 0.25) is 0 Å². The summed E-state index contributed by atoms with van der Waals surface area (Å²) in [4.78, 5) is 24.4. The molecule has 4 aromatic rings. The van der Waals surface area contributed by atoms with Gasteiger partial charge in [-0.15, -0.1) is 0 Å². The molecule has 0 aliphatic carbocycles. The van der Waals surface area contributed by atoms with Crippen LogP contribution in [0.5, 0.6) is 5.75 Å². The topological polar surface area (TPSA) is 113 Å². The van der Waals surface area contributed by atoms with Gasteiger partial charge in [-0.25, -0.2) is 4.98 Å². The van der Waals surface area contributed by atoms with Gasteiger partial charge in [0.15, 0.2) is 0 Å². The molecule has 5 rings (SSSR count). The Bertz CT molecular complexity index is 1360. The monoisotopic (exact) mass is 499 g/mol. The molecule has 36 heavy (non-hydrogen) atoms. The summed E-state index contributed by atoms with van der Waals surface area (Å²) < 4.78 is 47.5. The number of hydrogen-bond acceptors (Lipinski definition) is 8. The van der Waals surface area contributed by atoms with E-state index in [9.17, 15) is 18.0 Å². The fourth-order valence-corrected chi connectivity index (χ4v) is 3.83. The maximum Gasteiger partial charge on any atom is 0.471 e. The number of ether oxygens (including phenoxy) is 1.